The first-order valence-corrected chi connectivity index (χ1v) is 6.38. The summed E-state index contributed by atoms with van der Waals surface area (Å²) in [6.45, 7) is 5.34. The van der Waals surface area contributed by atoms with Crippen LogP contribution in [-0.4, -0.2) is 24.6 Å². The molecule has 0 bridgehead atoms. The van der Waals surface area contributed by atoms with Gasteiger partial charge >= 0.3 is 5.97 Å². The van der Waals surface area contributed by atoms with E-state index in [1.165, 1.54) is 13.2 Å². The number of Topliss-reactive ketones (excluding diaryl/α,β-unsaturated/α-hetero) is 1. The standard InChI is InChI=1S/C15H18O4/c1-8-5-10(3)15(14(18)19-4)11(6-8)13(17)9(2)7-12(15)16/h5,7,10-11H,6H2,1-4H3/t10-,11-,15+/m1/s1. The minimum Gasteiger partial charge on any atom is -0.468 e. The Hall–Kier alpha value is -1.71. The molecule has 2 aliphatic carbocycles. The molecular weight excluding hydrogens is 244 g/mol. The van der Waals surface area contributed by atoms with Crippen molar-refractivity contribution in [3.8, 4) is 0 Å². The Morgan fingerprint density at radius 2 is 2.00 bits per heavy atom. The van der Waals surface area contributed by atoms with E-state index in [0.29, 0.717) is 12.0 Å². The number of esters is 1. The normalized spacial score (nSPS) is 34.3. The lowest BCUT2D eigenvalue weighted by molar-refractivity contribution is -0.167. The lowest BCUT2D eigenvalue weighted by Crippen LogP contribution is -2.56. The molecule has 0 radical (unpaired) electrons. The first-order chi connectivity index (χ1) is 8.85. The van der Waals surface area contributed by atoms with E-state index in [1.807, 2.05) is 13.0 Å². The molecule has 102 valence electrons. The number of allylic oxidation sites excluding steroid dienone is 4. The molecule has 0 aromatic heterocycles. The number of fused-ring (bicyclic) bond motifs is 1. The van der Waals surface area contributed by atoms with Gasteiger partial charge in [-0.05, 0) is 37.8 Å². The third-order valence-electron chi connectivity index (χ3n) is 4.31. The van der Waals surface area contributed by atoms with Gasteiger partial charge in [0.25, 0.3) is 0 Å². The minimum atomic E-state index is -1.37. The zero-order valence-electron chi connectivity index (χ0n) is 11.6. The van der Waals surface area contributed by atoms with Crippen LogP contribution in [0.4, 0.5) is 0 Å². The number of carbonyl (C=O) groups excluding carboxylic acids is 3. The SMILES string of the molecule is COC(=O)[C@]12C(=O)C=C(C)C(=O)[C@H]1CC(C)=C[C@H]2C. The molecule has 0 aliphatic heterocycles. The topological polar surface area (TPSA) is 60.4 Å². The Kier molecular flexibility index (Phi) is 3.20. The third-order valence-corrected chi connectivity index (χ3v) is 4.31. The highest BCUT2D eigenvalue weighted by atomic mass is 16.5. The molecule has 19 heavy (non-hydrogen) atoms. The van der Waals surface area contributed by atoms with E-state index in [9.17, 15) is 14.4 Å². The smallest absolute Gasteiger partial charge is 0.321 e. The summed E-state index contributed by atoms with van der Waals surface area (Å²) < 4.78 is 4.84. The molecule has 0 saturated heterocycles. The molecule has 0 fully saturated rings. The molecule has 2 rings (SSSR count). The molecule has 0 aromatic carbocycles. The molecule has 3 atom stereocenters. The van der Waals surface area contributed by atoms with Crippen LogP contribution in [0.2, 0.25) is 0 Å². The van der Waals surface area contributed by atoms with Crippen molar-refractivity contribution in [3.05, 3.63) is 23.3 Å². The molecule has 0 amide bonds. The Balaban J connectivity index is 2.68. The Morgan fingerprint density at radius 1 is 1.37 bits per heavy atom. The molecule has 4 heteroatoms. The molecule has 0 aromatic rings. The molecule has 4 nitrogen and oxygen atoms in total. The van der Waals surface area contributed by atoms with Crippen LogP contribution in [0, 0.1) is 17.3 Å². The second kappa shape index (κ2) is 4.44. The van der Waals surface area contributed by atoms with Crippen LogP contribution in [0.1, 0.15) is 27.2 Å². The van der Waals surface area contributed by atoms with Crippen molar-refractivity contribution < 1.29 is 19.1 Å². The summed E-state index contributed by atoms with van der Waals surface area (Å²) in [5.41, 5.74) is 0.0921. The number of methoxy groups -OCH3 is 1. The van der Waals surface area contributed by atoms with Crippen molar-refractivity contribution in [1.82, 2.24) is 0 Å². The van der Waals surface area contributed by atoms with Gasteiger partial charge in [0.2, 0.25) is 0 Å². The Bertz CT molecular complexity index is 526. The van der Waals surface area contributed by atoms with Gasteiger partial charge in [-0.1, -0.05) is 18.6 Å². The van der Waals surface area contributed by atoms with E-state index in [1.54, 1.807) is 13.8 Å². The van der Waals surface area contributed by atoms with E-state index in [4.69, 9.17) is 4.74 Å². The fourth-order valence-corrected chi connectivity index (χ4v) is 3.38. The summed E-state index contributed by atoms with van der Waals surface area (Å²) in [6.07, 6.45) is 3.63. The minimum absolute atomic E-state index is 0.121. The predicted molar refractivity (Wildman–Crippen MR) is 69.2 cm³/mol. The number of carbonyl (C=O) groups is 3. The van der Waals surface area contributed by atoms with Gasteiger partial charge in [0.1, 0.15) is 5.41 Å². The molecule has 0 N–H and O–H groups in total. The number of rotatable bonds is 1. The van der Waals surface area contributed by atoms with Crippen molar-refractivity contribution in [1.29, 1.82) is 0 Å². The molecule has 0 spiro atoms. The van der Waals surface area contributed by atoms with E-state index in [-0.39, 0.29) is 17.5 Å². The van der Waals surface area contributed by atoms with Gasteiger partial charge in [-0.3, -0.25) is 14.4 Å². The lowest BCUT2D eigenvalue weighted by Gasteiger charge is -2.44. The van der Waals surface area contributed by atoms with Crippen LogP contribution < -0.4 is 0 Å². The Morgan fingerprint density at radius 3 is 2.58 bits per heavy atom. The number of hydrogen-bond acceptors (Lipinski definition) is 4. The van der Waals surface area contributed by atoms with Gasteiger partial charge in [-0.25, -0.2) is 0 Å². The van der Waals surface area contributed by atoms with E-state index < -0.39 is 17.3 Å². The summed E-state index contributed by atoms with van der Waals surface area (Å²) in [7, 11) is 1.26. The quantitative estimate of drug-likeness (QED) is 0.411. The van der Waals surface area contributed by atoms with Crippen molar-refractivity contribution in [3.63, 3.8) is 0 Å². The van der Waals surface area contributed by atoms with Gasteiger partial charge in [0.05, 0.1) is 7.11 Å². The van der Waals surface area contributed by atoms with Crippen molar-refractivity contribution in [2.75, 3.05) is 7.11 Å². The summed E-state index contributed by atoms with van der Waals surface area (Å²) in [6, 6.07) is 0. The van der Waals surface area contributed by atoms with E-state index in [2.05, 4.69) is 0 Å². The summed E-state index contributed by atoms with van der Waals surface area (Å²) in [4.78, 5) is 37.1. The summed E-state index contributed by atoms with van der Waals surface area (Å²) in [5.74, 6) is -1.99. The van der Waals surface area contributed by atoms with Crippen LogP contribution in [0.3, 0.4) is 0 Å². The zero-order valence-corrected chi connectivity index (χ0v) is 11.6. The van der Waals surface area contributed by atoms with Gasteiger partial charge in [-0.2, -0.15) is 0 Å². The maximum atomic E-state index is 12.5. The van der Waals surface area contributed by atoms with Crippen molar-refractivity contribution in [2.24, 2.45) is 17.3 Å². The maximum absolute atomic E-state index is 12.5. The third kappa shape index (κ3) is 1.70. The van der Waals surface area contributed by atoms with Gasteiger partial charge < -0.3 is 4.74 Å². The van der Waals surface area contributed by atoms with E-state index in [0.717, 1.165) is 5.57 Å². The van der Waals surface area contributed by atoms with Gasteiger partial charge in [0, 0.05) is 5.92 Å². The van der Waals surface area contributed by atoms with Crippen molar-refractivity contribution >= 4 is 17.5 Å². The van der Waals surface area contributed by atoms with E-state index >= 15 is 0 Å². The summed E-state index contributed by atoms with van der Waals surface area (Å²) >= 11 is 0. The van der Waals surface area contributed by atoms with Crippen LogP contribution >= 0.6 is 0 Å². The molecule has 2 aliphatic rings. The fourth-order valence-electron chi connectivity index (χ4n) is 3.38. The monoisotopic (exact) mass is 262 g/mol. The first kappa shape index (κ1) is 13.7. The second-order valence-electron chi connectivity index (χ2n) is 5.47. The van der Waals surface area contributed by atoms with Crippen LogP contribution in [0.15, 0.2) is 23.3 Å². The number of ether oxygens (including phenoxy) is 1. The van der Waals surface area contributed by atoms with Crippen LogP contribution in [0.25, 0.3) is 0 Å². The van der Waals surface area contributed by atoms with Crippen molar-refractivity contribution in [2.45, 2.75) is 27.2 Å². The average molecular weight is 262 g/mol. The molecule has 0 unspecified atom stereocenters. The summed E-state index contributed by atoms with van der Waals surface area (Å²) in [5, 5.41) is 0. The molecule has 0 saturated carbocycles. The van der Waals surface area contributed by atoms with Crippen LogP contribution in [0.5, 0.6) is 0 Å². The predicted octanol–water partition coefficient (Wildman–Crippen LogP) is 1.85. The van der Waals surface area contributed by atoms with Crippen LogP contribution in [-0.2, 0) is 19.1 Å². The highest BCUT2D eigenvalue weighted by Gasteiger charge is 2.60. The molecule has 0 heterocycles. The highest BCUT2D eigenvalue weighted by Crippen LogP contribution is 2.49. The first-order valence-electron chi connectivity index (χ1n) is 6.38. The number of ketones is 2. The zero-order chi connectivity index (χ0) is 14.4. The Labute approximate surface area is 112 Å². The number of hydrogen-bond donors (Lipinski definition) is 0. The average Bonchev–Trinajstić information content (AvgIpc) is 2.34. The maximum Gasteiger partial charge on any atom is 0.321 e. The molecular formula is C15H18O4. The largest absolute Gasteiger partial charge is 0.468 e. The fraction of sp³-hybridized carbons (Fsp3) is 0.533. The second-order valence-corrected chi connectivity index (χ2v) is 5.47. The lowest BCUT2D eigenvalue weighted by atomic mass is 9.55. The van der Waals surface area contributed by atoms with Gasteiger partial charge in [-0.15, -0.1) is 0 Å². The van der Waals surface area contributed by atoms with Gasteiger partial charge in [0.15, 0.2) is 11.6 Å². The highest BCUT2D eigenvalue weighted by molar-refractivity contribution is 6.20.